The summed E-state index contributed by atoms with van der Waals surface area (Å²) < 4.78 is 1.74. The fourth-order valence-electron chi connectivity index (χ4n) is 2.60. The van der Waals surface area contributed by atoms with Gasteiger partial charge in [0.25, 0.3) is 0 Å². The molecule has 2 aromatic carbocycles. The van der Waals surface area contributed by atoms with Gasteiger partial charge in [-0.1, -0.05) is 36.4 Å². The van der Waals surface area contributed by atoms with E-state index < -0.39 is 6.10 Å². The zero-order valence-corrected chi connectivity index (χ0v) is 12.7. The lowest BCUT2D eigenvalue weighted by atomic mass is 10.0. The van der Waals surface area contributed by atoms with E-state index in [2.05, 4.69) is 59.8 Å². The number of hydrogen-bond donors (Lipinski definition) is 2. The van der Waals surface area contributed by atoms with Crippen LogP contribution < -0.4 is 5.32 Å². The Balaban J connectivity index is 1.59. The number of benzene rings is 2. The first kappa shape index (κ1) is 14.8. The molecule has 3 aromatic rings. The molecule has 0 aliphatic rings. The smallest absolute Gasteiger partial charge is 0.0860 e. The topological polar surface area (TPSA) is 50.1 Å². The fourth-order valence-corrected chi connectivity index (χ4v) is 2.60. The van der Waals surface area contributed by atoms with Crippen molar-refractivity contribution in [2.24, 2.45) is 0 Å². The lowest BCUT2D eigenvalue weighted by Crippen LogP contribution is -2.32. The fraction of sp³-hybridized carbons (Fsp3) is 0.278. The molecule has 1 heterocycles. The highest BCUT2D eigenvalue weighted by Crippen LogP contribution is 2.20. The Morgan fingerprint density at radius 3 is 2.73 bits per heavy atom. The molecule has 2 N–H and O–H groups in total. The van der Waals surface area contributed by atoms with Crippen LogP contribution in [0.2, 0.25) is 0 Å². The second kappa shape index (κ2) is 6.73. The summed E-state index contributed by atoms with van der Waals surface area (Å²) in [6.07, 6.45) is 3.12. The Bertz CT molecular complexity index is 724. The van der Waals surface area contributed by atoms with Gasteiger partial charge in [0.05, 0.1) is 12.6 Å². The second-order valence-electron chi connectivity index (χ2n) is 5.62. The summed E-state index contributed by atoms with van der Waals surface area (Å²) in [4.78, 5) is 0. The summed E-state index contributed by atoms with van der Waals surface area (Å²) in [5, 5.41) is 20.0. The highest BCUT2D eigenvalue weighted by Gasteiger charge is 2.10. The lowest BCUT2D eigenvalue weighted by Gasteiger charge is -2.18. The van der Waals surface area contributed by atoms with Gasteiger partial charge >= 0.3 is 0 Å². The molecule has 0 fully saturated rings. The molecule has 0 saturated carbocycles. The first-order valence-corrected chi connectivity index (χ1v) is 7.60. The van der Waals surface area contributed by atoms with Crippen molar-refractivity contribution in [2.45, 2.75) is 25.6 Å². The van der Waals surface area contributed by atoms with Crippen molar-refractivity contribution < 1.29 is 5.11 Å². The maximum Gasteiger partial charge on any atom is 0.0860 e. The third-order valence-corrected chi connectivity index (χ3v) is 3.89. The van der Waals surface area contributed by atoms with Gasteiger partial charge in [0.1, 0.15) is 0 Å². The van der Waals surface area contributed by atoms with E-state index in [4.69, 9.17) is 0 Å². The Kier molecular flexibility index (Phi) is 4.51. The van der Waals surface area contributed by atoms with E-state index in [9.17, 15) is 5.11 Å². The maximum absolute atomic E-state index is 10.1. The van der Waals surface area contributed by atoms with Gasteiger partial charge in [-0.15, -0.1) is 0 Å². The second-order valence-corrected chi connectivity index (χ2v) is 5.62. The van der Waals surface area contributed by atoms with E-state index in [1.54, 1.807) is 10.9 Å². The van der Waals surface area contributed by atoms with Gasteiger partial charge in [-0.2, -0.15) is 5.10 Å². The Morgan fingerprint density at radius 1 is 1.14 bits per heavy atom. The molecular formula is C18H21N3O. The van der Waals surface area contributed by atoms with E-state index in [0.717, 1.165) is 0 Å². The molecule has 4 nitrogen and oxygen atoms in total. The third kappa shape index (κ3) is 3.53. The van der Waals surface area contributed by atoms with Crippen LogP contribution in [0.5, 0.6) is 0 Å². The normalized spacial score (nSPS) is 14.1. The molecular weight excluding hydrogens is 274 g/mol. The van der Waals surface area contributed by atoms with E-state index in [0.29, 0.717) is 13.1 Å². The van der Waals surface area contributed by atoms with Gasteiger partial charge in [0.15, 0.2) is 0 Å². The first-order chi connectivity index (χ1) is 10.7. The SMILES string of the molecule is C[C@@H](NC[C@H](O)Cn1cccn1)c1ccc2ccccc2c1. The molecule has 1 aromatic heterocycles. The molecule has 0 saturated heterocycles. The standard InChI is InChI=1S/C18H21N3O/c1-14(19-12-18(22)13-21-10-4-9-20-21)16-8-7-15-5-2-3-6-17(15)11-16/h2-11,14,18-19,22H,12-13H2,1H3/t14-,18+/m1/s1. The summed E-state index contributed by atoms with van der Waals surface area (Å²) in [5.74, 6) is 0. The predicted molar refractivity (Wildman–Crippen MR) is 88.6 cm³/mol. The molecule has 0 radical (unpaired) electrons. The average molecular weight is 295 g/mol. The summed E-state index contributed by atoms with van der Waals surface area (Å²) in [6.45, 7) is 3.16. The largest absolute Gasteiger partial charge is 0.390 e. The molecule has 114 valence electrons. The average Bonchev–Trinajstić information content (AvgIpc) is 3.05. The van der Waals surface area contributed by atoms with Crippen LogP contribution in [0, 0.1) is 0 Å². The number of nitrogens with zero attached hydrogens (tertiary/aromatic N) is 2. The highest BCUT2D eigenvalue weighted by molar-refractivity contribution is 5.83. The van der Waals surface area contributed by atoms with Crippen LogP contribution in [0.25, 0.3) is 10.8 Å². The van der Waals surface area contributed by atoms with Crippen molar-refractivity contribution in [3.63, 3.8) is 0 Å². The summed E-state index contributed by atoms with van der Waals surface area (Å²) in [6, 6.07) is 16.9. The molecule has 4 heteroatoms. The minimum Gasteiger partial charge on any atom is -0.390 e. The van der Waals surface area contributed by atoms with Crippen LogP contribution in [0.3, 0.4) is 0 Å². The van der Waals surface area contributed by atoms with E-state index in [-0.39, 0.29) is 6.04 Å². The monoisotopic (exact) mass is 295 g/mol. The van der Waals surface area contributed by atoms with E-state index in [1.165, 1.54) is 16.3 Å². The Morgan fingerprint density at radius 2 is 1.95 bits per heavy atom. The van der Waals surface area contributed by atoms with Crippen LogP contribution in [0.1, 0.15) is 18.5 Å². The molecule has 0 aliphatic heterocycles. The van der Waals surface area contributed by atoms with E-state index in [1.807, 2.05) is 12.3 Å². The molecule has 22 heavy (non-hydrogen) atoms. The summed E-state index contributed by atoms with van der Waals surface area (Å²) in [7, 11) is 0. The molecule has 0 amide bonds. The van der Waals surface area contributed by atoms with Gasteiger partial charge < -0.3 is 10.4 Å². The quantitative estimate of drug-likeness (QED) is 0.735. The zero-order valence-electron chi connectivity index (χ0n) is 12.7. The van der Waals surface area contributed by atoms with Crippen molar-refractivity contribution in [3.8, 4) is 0 Å². The zero-order chi connectivity index (χ0) is 15.4. The van der Waals surface area contributed by atoms with Gasteiger partial charge in [-0.25, -0.2) is 0 Å². The highest BCUT2D eigenvalue weighted by atomic mass is 16.3. The lowest BCUT2D eigenvalue weighted by molar-refractivity contribution is 0.143. The molecule has 2 atom stereocenters. The number of fused-ring (bicyclic) bond motifs is 1. The van der Waals surface area contributed by atoms with Crippen molar-refractivity contribution in [3.05, 3.63) is 66.5 Å². The minimum atomic E-state index is -0.456. The third-order valence-electron chi connectivity index (χ3n) is 3.89. The van der Waals surface area contributed by atoms with Crippen LogP contribution >= 0.6 is 0 Å². The Hall–Kier alpha value is -2.17. The molecule has 0 spiro atoms. The predicted octanol–water partition coefficient (Wildman–Crippen LogP) is 2.75. The number of nitrogens with one attached hydrogen (secondary N) is 1. The maximum atomic E-state index is 10.1. The number of hydrogen-bond acceptors (Lipinski definition) is 3. The molecule has 0 aliphatic carbocycles. The van der Waals surface area contributed by atoms with Crippen molar-refractivity contribution in [2.75, 3.05) is 6.54 Å². The Labute approximate surface area is 130 Å². The minimum absolute atomic E-state index is 0.192. The van der Waals surface area contributed by atoms with Crippen LogP contribution in [0.4, 0.5) is 0 Å². The molecule has 0 unspecified atom stereocenters. The van der Waals surface area contributed by atoms with Crippen molar-refractivity contribution in [1.82, 2.24) is 15.1 Å². The number of aliphatic hydroxyl groups excluding tert-OH is 1. The van der Waals surface area contributed by atoms with Gasteiger partial charge in [0.2, 0.25) is 0 Å². The molecule has 0 bridgehead atoms. The summed E-state index contributed by atoms with van der Waals surface area (Å²) >= 11 is 0. The van der Waals surface area contributed by atoms with Crippen LogP contribution in [-0.2, 0) is 6.54 Å². The van der Waals surface area contributed by atoms with Gasteiger partial charge in [-0.05, 0) is 35.4 Å². The van der Waals surface area contributed by atoms with Crippen molar-refractivity contribution >= 4 is 10.8 Å². The number of aromatic nitrogens is 2. The number of aliphatic hydroxyl groups is 1. The van der Waals surface area contributed by atoms with E-state index >= 15 is 0 Å². The van der Waals surface area contributed by atoms with Crippen LogP contribution in [-0.4, -0.2) is 27.5 Å². The molecule has 3 rings (SSSR count). The van der Waals surface area contributed by atoms with Crippen LogP contribution in [0.15, 0.2) is 60.9 Å². The van der Waals surface area contributed by atoms with Gasteiger partial charge in [0, 0.05) is 25.0 Å². The summed E-state index contributed by atoms with van der Waals surface area (Å²) in [5.41, 5.74) is 1.23. The van der Waals surface area contributed by atoms with Crippen molar-refractivity contribution in [1.29, 1.82) is 0 Å². The van der Waals surface area contributed by atoms with Gasteiger partial charge in [-0.3, -0.25) is 4.68 Å². The first-order valence-electron chi connectivity index (χ1n) is 7.60. The number of rotatable bonds is 6.